The smallest absolute Gasteiger partial charge is 0.306 e. The summed E-state index contributed by atoms with van der Waals surface area (Å²) in [5.74, 6) is -1.73. The van der Waals surface area contributed by atoms with Gasteiger partial charge in [0.15, 0.2) is 5.79 Å². The van der Waals surface area contributed by atoms with Gasteiger partial charge in [-0.1, -0.05) is 5.11 Å². The van der Waals surface area contributed by atoms with Gasteiger partial charge in [-0.05, 0) is 19.4 Å². The fourth-order valence-electron chi connectivity index (χ4n) is 2.37. The Bertz CT molecular complexity index is 373. The van der Waals surface area contributed by atoms with Crippen molar-refractivity contribution in [1.29, 1.82) is 0 Å². The van der Waals surface area contributed by atoms with Crippen LogP contribution < -0.4 is 0 Å². The third-order valence-electron chi connectivity index (χ3n) is 2.95. The number of nitrogens with zero attached hydrogens (tertiary/aromatic N) is 3. The van der Waals surface area contributed by atoms with Gasteiger partial charge in [-0.2, -0.15) is 0 Å². The van der Waals surface area contributed by atoms with Crippen LogP contribution >= 0.6 is 0 Å². The summed E-state index contributed by atoms with van der Waals surface area (Å²) in [4.78, 5) is 13.4. The van der Waals surface area contributed by atoms with E-state index in [4.69, 9.17) is 24.8 Å². The largest absolute Gasteiger partial charge is 0.481 e. The van der Waals surface area contributed by atoms with E-state index in [9.17, 15) is 4.79 Å². The standard InChI is InChI=1S/C10H15N3O5/c1-10(2)17-8-5(3-7(14)15)16-6(4-12-13-11)9(8)18-10/h5-6,8-9H,3-4H2,1-2H3,(H,14,15)/t5-,6-,8+,9-/m1/s1. The lowest BCUT2D eigenvalue weighted by Crippen LogP contribution is -2.31. The van der Waals surface area contributed by atoms with Crippen molar-refractivity contribution < 1.29 is 24.1 Å². The molecule has 2 fully saturated rings. The molecule has 2 aliphatic rings. The molecule has 100 valence electrons. The Labute approximate surface area is 103 Å². The van der Waals surface area contributed by atoms with E-state index >= 15 is 0 Å². The molecule has 0 amide bonds. The minimum atomic E-state index is -0.962. The van der Waals surface area contributed by atoms with Gasteiger partial charge < -0.3 is 19.3 Å². The highest BCUT2D eigenvalue weighted by molar-refractivity contribution is 5.67. The van der Waals surface area contributed by atoms with Crippen LogP contribution in [0.2, 0.25) is 0 Å². The van der Waals surface area contributed by atoms with Crippen molar-refractivity contribution in [2.24, 2.45) is 5.11 Å². The molecular formula is C10H15N3O5. The lowest BCUT2D eigenvalue weighted by Gasteiger charge is -2.23. The number of rotatable bonds is 4. The van der Waals surface area contributed by atoms with Gasteiger partial charge in [0.05, 0.1) is 25.2 Å². The number of ether oxygens (including phenoxy) is 3. The first-order valence-corrected chi connectivity index (χ1v) is 5.67. The second-order valence-electron chi connectivity index (χ2n) is 4.79. The van der Waals surface area contributed by atoms with E-state index in [1.807, 2.05) is 0 Å². The van der Waals surface area contributed by atoms with Crippen LogP contribution in [0, 0.1) is 0 Å². The van der Waals surface area contributed by atoms with Crippen molar-refractivity contribution >= 4 is 5.97 Å². The van der Waals surface area contributed by atoms with E-state index in [2.05, 4.69) is 10.0 Å². The van der Waals surface area contributed by atoms with Crippen LogP contribution in [0.15, 0.2) is 5.11 Å². The number of hydrogen-bond acceptors (Lipinski definition) is 5. The van der Waals surface area contributed by atoms with Gasteiger partial charge in [0.25, 0.3) is 0 Å². The molecule has 8 nitrogen and oxygen atoms in total. The average molecular weight is 257 g/mol. The Hall–Kier alpha value is -1.34. The summed E-state index contributed by atoms with van der Waals surface area (Å²) >= 11 is 0. The fraction of sp³-hybridized carbons (Fsp3) is 0.900. The molecule has 0 saturated carbocycles. The maximum atomic E-state index is 10.8. The first-order chi connectivity index (χ1) is 8.43. The normalized spacial score (nSPS) is 37.0. The highest BCUT2D eigenvalue weighted by atomic mass is 16.8. The third kappa shape index (κ3) is 2.56. The molecular weight excluding hydrogens is 242 g/mol. The first kappa shape index (κ1) is 13.1. The van der Waals surface area contributed by atoms with E-state index in [1.54, 1.807) is 13.8 Å². The zero-order valence-electron chi connectivity index (χ0n) is 10.1. The monoisotopic (exact) mass is 257 g/mol. The number of azide groups is 1. The van der Waals surface area contributed by atoms with Crippen molar-refractivity contribution in [2.45, 2.75) is 50.5 Å². The maximum Gasteiger partial charge on any atom is 0.306 e. The van der Waals surface area contributed by atoms with Crippen LogP contribution in [0.4, 0.5) is 0 Å². The Morgan fingerprint density at radius 1 is 1.39 bits per heavy atom. The van der Waals surface area contributed by atoms with Crippen LogP contribution in [0.1, 0.15) is 20.3 Å². The van der Waals surface area contributed by atoms with Gasteiger partial charge in [-0.15, -0.1) is 0 Å². The summed E-state index contributed by atoms with van der Waals surface area (Å²) in [5, 5.41) is 12.3. The third-order valence-corrected chi connectivity index (χ3v) is 2.95. The Morgan fingerprint density at radius 3 is 2.56 bits per heavy atom. The van der Waals surface area contributed by atoms with E-state index in [0.29, 0.717) is 0 Å². The van der Waals surface area contributed by atoms with Crippen LogP contribution in [0.3, 0.4) is 0 Å². The first-order valence-electron chi connectivity index (χ1n) is 5.67. The molecule has 8 heteroatoms. The molecule has 0 spiro atoms. The summed E-state index contributed by atoms with van der Waals surface area (Å²) in [6, 6.07) is 0. The minimum absolute atomic E-state index is 0.104. The van der Waals surface area contributed by atoms with Crippen molar-refractivity contribution in [3.8, 4) is 0 Å². The minimum Gasteiger partial charge on any atom is -0.481 e. The van der Waals surface area contributed by atoms with Crippen molar-refractivity contribution in [1.82, 2.24) is 0 Å². The lowest BCUT2D eigenvalue weighted by molar-refractivity contribution is -0.188. The summed E-state index contributed by atoms with van der Waals surface area (Å²) in [5.41, 5.74) is 8.32. The molecule has 2 heterocycles. The highest BCUT2D eigenvalue weighted by Crippen LogP contribution is 2.39. The molecule has 2 rings (SSSR count). The fourth-order valence-corrected chi connectivity index (χ4v) is 2.37. The Kier molecular flexibility index (Phi) is 3.45. The van der Waals surface area contributed by atoms with Crippen molar-refractivity contribution in [3.63, 3.8) is 0 Å². The lowest BCUT2D eigenvalue weighted by atomic mass is 10.1. The summed E-state index contributed by atoms with van der Waals surface area (Å²) in [6.45, 7) is 3.62. The average Bonchev–Trinajstić information content (AvgIpc) is 2.71. The number of fused-ring (bicyclic) bond motifs is 1. The molecule has 0 aromatic heterocycles. The van der Waals surface area contributed by atoms with Gasteiger partial charge in [-0.3, -0.25) is 4.79 Å². The molecule has 0 aromatic rings. The molecule has 2 saturated heterocycles. The van der Waals surface area contributed by atoms with Gasteiger partial charge >= 0.3 is 5.97 Å². The molecule has 0 bridgehead atoms. The molecule has 0 aromatic carbocycles. The Balaban J connectivity index is 2.12. The molecule has 4 atom stereocenters. The summed E-state index contributed by atoms with van der Waals surface area (Å²) in [7, 11) is 0. The number of hydrogen-bond donors (Lipinski definition) is 1. The van der Waals surface area contributed by atoms with Gasteiger partial charge in [-0.25, -0.2) is 0 Å². The quantitative estimate of drug-likeness (QED) is 0.459. The van der Waals surface area contributed by atoms with Crippen LogP contribution in [0.25, 0.3) is 10.4 Å². The molecule has 0 unspecified atom stereocenters. The van der Waals surface area contributed by atoms with E-state index in [0.717, 1.165) is 0 Å². The van der Waals surface area contributed by atoms with E-state index in [1.165, 1.54) is 0 Å². The SMILES string of the molecule is CC1(C)O[C@@H]2[C@H](O1)[C@@H](CN=[N+]=[N-])O[C@@H]2CC(=O)O. The van der Waals surface area contributed by atoms with Gasteiger partial charge in [0, 0.05) is 4.91 Å². The Morgan fingerprint density at radius 2 is 2.00 bits per heavy atom. The highest BCUT2D eigenvalue weighted by Gasteiger charge is 2.55. The number of carboxylic acids is 1. The molecule has 0 radical (unpaired) electrons. The predicted octanol–water partition coefficient (Wildman–Crippen LogP) is 1.06. The van der Waals surface area contributed by atoms with Gasteiger partial charge in [0.1, 0.15) is 12.2 Å². The number of aliphatic carboxylic acids is 1. The van der Waals surface area contributed by atoms with E-state index < -0.39 is 36.2 Å². The maximum absolute atomic E-state index is 10.8. The van der Waals surface area contributed by atoms with Crippen LogP contribution in [-0.2, 0) is 19.0 Å². The molecule has 2 aliphatic heterocycles. The van der Waals surface area contributed by atoms with Crippen molar-refractivity contribution in [2.75, 3.05) is 6.54 Å². The zero-order valence-corrected chi connectivity index (χ0v) is 10.1. The molecule has 18 heavy (non-hydrogen) atoms. The van der Waals surface area contributed by atoms with Crippen LogP contribution in [0.5, 0.6) is 0 Å². The number of carboxylic acid groups (broad SMARTS) is 1. The van der Waals surface area contributed by atoms with Gasteiger partial charge in [0.2, 0.25) is 0 Å². The van der Waals surface area contributed by atoms with E-state index in [-0.39, 0.29) is 13.0 Å². The van der Waals surface area contributed by atoms with Crippen molar-refractivity contribution in [3.05, 3.63) is 10.4 Å². The predicted molar refractivity (Wildman–Crippen MR) is 58.8 cm³/mol. The zero-order chi connectivity index (χ0) is 13.3. The summed E-state index contributed by atoms with van der Waals surface area (Å²) < 4.78 is 16.9. The van der Waals surface area contributed by atoms with Crippen LogP contribution in [-0.4, -0.2) is 47.8 Å². The second kappa shape index (κ2) is 4.74. The molecule has 0 aliphatic carbocycles. The topological polar surface area (TPSA) is 114 Å². The molecule has 1 N–H and O–H groups in total. The number of carbonyl (C=O) groups is 1. The second-order valence-corrected chi connectivity index (χ2v) is 4.79. The summed E-state index contributed by atoms with van der Waals surface area (Å²) in [6.07, 6.45) is -2.03.